The molecule has 190 valence electrons. The fourth-order valence-electron chi connectivity index (χ4n) is 5.54. The van der Waals surface area contributed by atoms with Crippen LogP contribution in [-0.2, 0) is 0 Å². The molecule has 1 aromatic carbocycles. The van der Waals surface area contributed by atoms with Gasteiger partial charge in [-0.25, -0.2) is 15.0 Å². The van der Waals surface area contributed by atoms with Crippen molar-refractivity contribution >= 4 is 23.3 Å². The summed E-state index contributed by atoms with van der Waals surface area (Å²) in [6.45, 7) is 9.98. The van der Waals surface area contributed by atoms with Gasteiger partial charge in [0, 0.05) is 54.9 Å². The molecule has 2 saturated heterocycles. The molecular formula is C26H33ClN8O. The van der Waals surface area contributed by atoms with Gasteiger partial charge in [-0.1, -0.05) is 18.5 Å². The van der Waals surface area contributed by atoms with E-state index >= 15 is 0 Å². The summed E-state index contributed by atoms with van der Waals surface area (Å²) in [5.74, 6) is 1.59. The number of piperazine rings is 1. The van der Waals surface area contributed by atoms with Crippen molar-refractivity contribution in [3.8, 4) is 11.5 Å². The number of H-pyrrole nitrogens is 1. The van der Waals surface area contributed by atoms with Crippen LogP contribution in [0.15, 0.2) is 36.8 Å². The summed E-state index contributed by atoms with van der Waals surface area (Å²) in [5, 5.41) is 7.50. The van der Waals surface area contributed by atoms with E-state index in [4.69, 9.17) is 21.6 Å². The molecule has 4 heterocycles. The second-order valence-corrected chi connectivity index (χ2v) is 10.2. The second kappa shape index (κ2) is 10.5. The number of amides is 1. The molecule has 0 spiro atoms. The van der Waals surface area contributed by atoms with Gasteiger partial charge in [0.25, 0.3) is 5.91 Å². The van der Waals surface area contributed by atoms with E-state index in [0.29, 0.717) is 40.2 Å². The van der Waals surface area contributed by atoms with E-state index in [0.717, 1.165) is 57.0 Å². The van der Waals surface area contributed by atoms with Crippen LogP contribution < -0.4 is 4.90 Å². The lowest BCUT2D eigenvalue weighted by atomic mass is 9.96. The minimum absolute atomic E-state index is 0.0953. The average molecular weight is 509 g/mol. The summed E-state index contributed by atoms with van der Waals surface area (Å²) >= 11 is 5.98. The zero-order valence-corrected chi connectivity index (χ0v) is 21.8. The highest BCUT2D eigenvalue weighted by Gasteiger charge is 2.37. The predicted octanol–water partition coefficient (Wildman–Crippen LogP) is 3.82. The molecule has 0 aliphatic carbocycles. The van der Waals surface area contributed by atoms with Crippen LogP contribution in [0.4, 0.5) is 5.82 Å². The molecule has 9 nitrogen and oxygen atoms in total. The Hall–Kier alpha value is -3.04. The van der Waals surface area contributed by atoms with Gasteiger partial charge in [-0.15, -0.1) is 0 Å². The number of hydrogen-bond acceptors (Lipinski definition) is 7. The molecule has 0 saturated carbocycles. The van der Waals surface area contributed by atoms with Gasteiger partial charge in [0.15, 0.2) is 0 Å². The number of carbonyl (C=O) groups is 1. The zero-order valence-electron chi connectivity index (χ0n) is 21.1. The van der Waals surface area contributed by atoms with E-state index < -0.39 is 0 Å². The fourth-order valence-corrected chi connectivity index (χ4v) is 5.67. The van der Waals surface area contributed by atoms with Crippen molar-refractivity contribution in [1.82, 2.24) is 34.9 Å². The van der Waals surface area contributed by atoms with Crippen molar-refractivity contribution in [3.63, 3.8) is 0 Å². The highest BCUT2D eigenvalue weighted by atomic mass is 35.5. The third kappa shape index (κ3) is 4.95. The standard InChI is InChI=1S/C26H33ClN8O/c1-4-21-15-34(25-18(3)31-23(13-28-25)24-29-16-30-32-24)17(2)14-35(21)22-9-11-33(12-10-22)26(36)19-5-7-20(27)8-6-19/h5-8,13,16-17,21-22H,4,9-12,14-15H2,1-3H3,(H,29,30,32)/t17-,21+/m1/s1. The summed E-state index contributed by atoms with van der Waals surface area (Å²) in [4.78, 5) is 33.7. The number of benzene rings is 1. The van der Waals surface area contributed by atoms with Crippen molar-refractivity contribution in [1.29, 1.82) is 0 Å². The molecule has 5 rings (SSSR count). The Balaban J connectivity index is 1.24. The lowest BCUT2D eigenvalue weighted by Gasteiger charge is -2.50. The lowest BCUT2D eigenvalue weighted by molar-refractivity contribution is 0.0434. The maximum atomic E-state index is 12.9. The monoisotopic (exact) mass is 508 g/mol. The topological polar surface area (TPSA) is 94.1 Å². The number of nitrogens with one attached hydrogen (secondary N) is 1. The van der Waals surface area contributed by atoms with Crippen LogP contribution in [0, 0.1) is 6.92 Å². The number of anilines is 1. The Bertz CT molecular complexity index is 1180. The first-order valence-corrected chi connectivity index (χ1v) is 13.1. The molecule has 2 aliphatic heterocycles. The minimum atomic E-state index is 0.0953. The molecule has 0 unspecified atom stereocenters. The molecule has 3 aromatic rings. The van der Waals surface area contributed by atoms with Crippen LogP contribution in [0.2, 0.25) is 5.02 Å². The van der Waals surface area contributed by atoms with Gasteiger partial charge in [-0.2, -0.15) is 5.10 Å². The molecule has 1 N–H and O–H groups in total. The van der Waals surface area contributed by atoms with Gasteiger partial charge < -0.3 is 9.80 Å². The third-order valence-corrected chi connectivity index (χ3v) is 7.76. The molecule has 2 fully saturated rings. The molecule has 2 aromatic heterocycles. The molecule has 2 aliphatic rings. The maximum absolute atomic E-state index is 12.9. The van der Waals surface area contributed by atoms with Crippen molar-refractivity contribution in [2.24, 2.45) is 0 Å². The number of rotatable bonds is 5. The number of likely N-dealkylation sites (tertiary alicyclic amines) is 1. The molecular weight excluding hydrogens is 476 g/mol. The summed E-state index contributed by atoms with van der Waals surface area (Å²) in [6, 6.07) is 8.40. The van der Waals surface area contributed by atoms with Gasteiger partial charge in [-0.05, 0) is 57.4 Å². The van der Waals surface area contributed by atoms with Crippen molar-refractivity contribution in [2.45, 2.75) is 58.2 Å². The first-order valence-electron chi connectivity index (χ1n) is 12.7. The van der Waals surface area contributed by atoms with Crippen LogP contribution in [0.3, 0.4) is 0 Å². The first-order chi connectivity index (χ1) is 17.4. The average Bonchev–Trinajstić information content (AvgIpc) is 3.44. The Labute approximate surface area is 216 Å². The van der Waals surface area contributed by atoms with Crippen molar-refractivity contribution in [2.75, 3.05) is 31.1 Å². The number of halogens is 1. The highest BCUT2D eigenvalue weighted by Crippen LogP contribution is 2.30. The maximum Gasteiger partial charge on any atom is 0.253 e. The Kier molecular flexibility index (Phi) is 7.20. The van der Waals surface area contributed by atoms with E-state index in [1.807, 2.05) is 24.0 Å². The molecule has 1 amide bonds. The zero-order chi connectivity index (χ0) is 25.2. The Morgan fingerprint density at radius 2 is 1.89 bits per heavy atom. The smallest absolute Gasteiger partial charge is 0.253 e. The number of piperidine rings is 1. The third-order valence-electron chi connectivity index (χ3n) is 7.50. The number of nitrogens with zero attached hydrogens (tertiary/aromatic N) is 7. The van der Waals surface area contributed by atoms with Crippen LogP contribution >= 0.6 is 11.6 Å². The SMILES string of the molecule is CC[C@H]1CN(c2ncc(-c3nc[nH]n3)nc2C)[C@H](C)CN1C1CCN(C(=O)c2ccc(Cl)cc2)CC1. The van der Waals surface area contributed by atoms with Gasteiger partial charge in [-0.3, -0.25) is 14.8 Å². The number of hydrogen-bond donors (Lipinski definition) is 1. The number of carbonyl (C=O) groups excluding carboxylic acids is 1. The van der Waals surface area contributed by atoms with Gasteiger partial charge in [0.05, 0.1) is 11.9 Å². The van der Waals surface area contributed by atoms with E-state index in [1.54, 1.807) is 24.7 Å². The molecule has 2 atom stereocenters. The minimum Gasteiger partial charge on any atom is -0.350 e. The fraction of sp³-hybridized carbons (Fsp3) is 0.500. The number of aromatic amines is 1. The quantitative estimate of drug-likeness (QED) is 0.560. The van der Waals surface area contributed by atoms with Crippen molar-refractivity contribution < 1.29 is 4.79 Å². The molecule has 0 bridgehead atoms. The molecule has 10 heteroatoms. The van der Waals surface area contributed by atoms with Crippen LogP contribution in [0.5, 0.6) is 0 Å². The van der Waals surface area contributed by atoms with E-state index in [1.165, 1.54) is 0 Å². The Morgan fingerprint density at radius 3 is 2.53 bits per heavy atom. The molecule has 0 radical (unpaired) electrons. The first kappa shape index (κ1) is 24.6. The number of aryl methyl sites for hydroxylation is 1. The van der Waals surface area contributed by atoms with Gasteiger partial charge in [0.2, 0.25) is 5.82 Å². The normalized spacial score (nSPS) is 21.7. The van der Waals surface area contributed by atoms with Crippen LogP contribution in [0.25, 0.3) is 11.5 Å². The van der Waals surface area contributed by atoms with Gasteiger partial charge >= 0.3 is 0 Å². The van der Waals surface area contributed by atoms with Crippen LogP contribution in [0.1, 0.15) is 49.2 Å². The highest BCUT2D eigenvalue weighted by molar-refractivity contribution is 6.30. The summed E-state index contributed by atoms with van der Waals surface area (Å²) in [7, 11) is 0. The van der Waals surface area contributed by atoms with E-state index in [-0.39, 0.29) is 5.91 Å². The summed E-state index contributed by atoms with van der Waals surface area (Å²) in [6.07, 6.45) is 6.36. The molecule has 36 heavy (non-hydrogen) atoms. The largest absolute Gasteiger partial charge is 0.350 e. The van der Waals surface area contributed by atoms with E-state index in [2.05, 4.69) is 38.8 Å². The van der Waals surface area contributed by atoms with E-state index in [9.17, 15) is 4.79 Å². The van der Waals surface area contributed by atoms with Gasteiger partial charge in [0.1, 0.15) is 17.8 Å². The van der Waals surface area contributed by atoms with Crippen molar-refractivity contribution in [3.05, 3.63) is 53.1 Å². The summed E-state index contributed by atoms with van der Waals surface area (Å²) < 4.78 is 0. The summed E-state index contributed by atoms with van der Waals surface area (Å²) in [5.41, 5.74) is 2.27. The Morgan fingerprint density at radius 1 is 1.14 bits per heavy atom. The van der Waals surface area contributed by atoms with Crippen LogP contribution in [-0.4, -0.2) is 85.2 Å². The number of aromatic nitrogens is 5. The second-order valence-electron chi connectivity index (χ2n) is 9.78. The predicted molar refractivity (Wildman–Crippen MR) is 140 cm³/mol. The lowest BCUT2D eigenvalue weighted by Crippen LogP contribution is -2.62.